The molecule has 150 valence electrons. The first-order valence-electron chi connectivity index (χ1n) is 10.4. The predicted octanol–water partition coefficient (Wildman–Crippen LogP) is 4.07. The molecule has 0 aliphatic carbocycles. The number of aliphatic hydroxyl groups excluding tert-OH is 1. The van der Waals surface area contributed by atoms with Crippen molar-refractivity contribution in [1.29, 1.82) is 0 Å². The van der Waals surface area contributed by atoms with E-state index in [2.05, 4.69) is 64.8 Å². The Morgan fingerprint density at radius 3 is 2.77 bits per heavy atom. The van der Waals surface area contributed by atoms with E-state index in [1.165, 1.54) is 22.4 Å². The zero-order valence-corrected chi connectivity index (χ0v) is 16.8. The van der Waals surface area contributed by atoms with E-state index in [-0.39, 0.29) is 6.61 Å². The van der Waals surface area contributed by atoms with E-state index in [0.29, 0.717) is 13.1 Å². The Balaban J connectivity index is 1.52. The van der Waals surface area contributed by atoms with Crippen molar-refractivity contribution in [3.63, 3.8) is 0 Å². The van der Waals surface area contributed by atoms with Gasteiger partial charge in [0, 0.05) is 43.1 Å². The molecule has 2 aromatic carbocycles. The first-order valence-corrected chi connectivity index (χ1v) is 10.4. The lowest BCUT2D eigenvalue weighted by atomic mass is 9.98. The lowest BCUT2D eigenvalue weighted by molar-refractivity contribution is 0.292. The largest absolute Gasteiger partial charge is 0.395 e. The first kappa shape index (κ1) is 18.7. The zero-order chi connectivity index (χ0) is 20.3. The highest BCUT2D eigenvalue weighted by atomic mass is 16.3. The van der Waals surface area contributed by atoms with Crippen LogP contribution in [0.3, 0.4) is 0 Å². The number of nitrogens with zero attached hydrogens (tertiary/aromatic N) is 3. The third-order valence-electron chi connectivity index (χ3n) is 5.62. The van der Waals surface area contributed by atoms with Crippen LogP contribution < -0.4 is 10.2 Å². The maximum atomic E-state index is 8.95. The number of rotatable bonds is 6. The van der Waals surface area contributed by atoms with E-state index in [9.17, 15) is 0 Å². The minimum Gasteiger partial charge on any atom is -0.395 e. The van der Waals surface area contributed by atoms with Crippen LogP contribution in [0, 0.1) is 0 Å². The average Bonchev–Trinajstić information content (AvgIpc) is 3.23. The standard InChI is InChI=1S/C25H24N4O/c30-14-12-26-16-18-15-20-9-11-27-25(24(20)28-17-18)29-13-10-22-21(7-4-8-23(22)29)19-5-2-1-3-6-19/h1-9,11,15,17,26,30H,10,12-14,16H2. The summed E-state index contributed by atoms with van der Waals surface area (Å²) in [6.07, 6.45) is 4.75. The van der Waals surface area contributed by atoms with Gasteiger partial charge in [0.1, 0.15) is 5.52 Å². The SMILES string of the molecule is OCCNCc1cnc2c(N3CCc4c(-c5ccccc5)cccc43)nccc2c1. The average molecular weight is 396 g/mol. The fraction of sp³-hybridized carbons (Fsp3) is 0.200. The van der Waals surface area contributed by atoms with Gasteiger partial charge in [-0.05, 0) is 46.9 Å². The van der Waals surface area contributed by atoms with Gasteiger partial charge in [-0.1, -0.05) is 42.5 Å². The van der Waals surface area contributed by atoms with Crippen LogP contribution in [0.5, 0.6) is 0 Å². The molecule has 2 N–H and O–H groups in total. The number of aliphatic hydroxyl groups is 1. The van der Waals surface area contributed by atoms with Crippen molar-refractivity contribution in [2.45, 2.75) is 13.0 Å². The van der Waals surface area contributed by atoms with Crippen molar-refractivity contribution < 1.29 is 5.11 Å². The molecule has 3 heterocycles. The van der Waals surface area contributed by atoms with Crippen molar-refractivity contribution in [2.24, 2.45) is 0 Å². The maximum absolute atomic E-state index is 8.95. The van der Waals surface area contributed by atoms with Gasteiger partial charge in [-0.3, -0.25) is 4.98 Å². The molecule has 0 spiro atoms. The molecule has 4 aromatic rings. The van der Waals surface area contributed by atoms with Crippen LogP contribution in [0.2, 0.25) is 0 Å². The zero-order valence-electron chi connectivity index (χ0n) is 16.8. The highest BCUT2D eigenvalue weighted by Gasteiger charge is 2.25. The molecule has 5 heteroatoms. The monoisotopic (exact) mass is 396 g/mol. The Labute approximate surface area is 176 Å². The lowest BCUT2D eigenvalue weighted by Crippen LogP contribution is -2.18. The minimum absolute atomic E-state index is 0.133. The Bertz CT molecular complexity index is 1180. The van der Waals surface area contributed by atoms with Gasteiger partial charge < -0.3 is 15.3 Å². The molecule has 0 radical (unpaired) electrons. The summed E-state index contributed by atoms with van der Waals surface area (Å²) in [4.78, 5) is 11.8. The highest BCUT2D eigenvalue weighted by Crippen LogP contribution is 2.40. The number of hydrogen-bond acceptors (Lipinski definition) is 5. The number of benzene rings is 2. The van der Waals surface area contributed by atoms with E-state index < -0.39 is 0 Å². The van der Waals surface area contributed by atoms with E-state index >= 15 is 0 Å². The van der Waals surface area contributed by atoms with Crippen LogP contribution in [-0.4, -0.2) is 34.8 Å². The van der Waals surface area contributed by atoms with Crippen LogP contribution in [0.25, 0.3) is 22.0 Å². The van der Waals surface area contributed by atoms with Gasteiger partial charge in [-0.25, -0.2) is 4.98 Å². The molecule has 1 aliphatic rings. The van der Waals surface area contributed by atoms with Gasteiger partial charge in [-0.2, -0.15) is 0 Å². The van der Waals surface area contributed by atoms with Gasteiger partial charge in [-0.15, -0.1) is 0 Å². The molecule has 0 unspecified atom stereocenters. The van der Waals surface area contributed by atoms with Crippen molar-refractivity contribution >= 4 is 22.4 Å². The number of aromatic nitrogens is 2. The molecule has 0 saturated heterocycles. The van der Waals surface area contributed by atoms with Crippen molar-refractivity contribution in [3.8, 4) is 11.1 Å². The van der Waals surface area contributed by atoms with Crippen molar-refractivity contribution in [3.05, 3.63) is 84.2 Å². The topological polar surface area (TPSA) is 61.3 Å². The summed E-state index contributed by atoms with van der Waals surface area (Å²) in [5, 5.41) is 13.2. The van der Waals surface area contributed by atoms with Crippen LogP contribution >= 0.6 is 0 Å². The van der Waals surface area contributed by atoms with Crippen LogP contribution in [0.4, 0.5) is 11.5 Å². The van der Waals surface area contributed by atoms with Gasteiger partial charge >= 0.3 is 0 Å². The summed E-state index contributed by atoms with van der Waals surface area (Å²) in [6, 6.07) is 21.2. The summed E-state index contributed by atoms with van der Waals surface area (Å²) < 4.78 is 0. The predicted molar refractivity (Wildman–Crippen MR) is 121 cm³/mol. The van der Waals surface area contributed by atoms with Gasteiger partial charge in [0.25, 0.3) is 0 Å². The third-order valence-corrected chi connectivity index (χ3v) is 5.62. The second-order valence-corrected chi connectivity index (χ2v) is 7.52. The number of pyridine rings is 2. The Morgan fingerprint density at radius 2 is 1.90 bits per heavy atom. The Hall–Kier alpha value is -3.28. The molecular weight excluding hydrogens is 372 g/mol. The highest BCUT2D eigenvalue weighted by molar-refractivity contribution is 5.92. The van der Waals surface area contributed by atoms with E-state index in [0.717, 1.165) is 35.2 Å². The molecular formula is C25H24N4O. The molecule has 0 amide bonds. The second-order valence-electron chi connectivity index (χ2n) is 7.52. The fourth-order valence-electron chi connectivity index (χ4n) is 4.24. The van der Waals surface area contributed by atoms with Crippen LogP contribution in [0.1, 0.15) is 11.1 Å². The molecule has 0 atom stereocenters. The van der Waals surface area contributed by atoms with Crippen LogP contribution in [-0.2, 0) is 13.0 Å². The number of nitrogens with one attached hydrogen (secondary N) is 1. The molecule has 0 bridgehead atoms. The summed E-state index contributed by atoms with van der Waals surface area (Å²) in [5.41, 5.74) is 7.14. The van der Waals surface area contributed by atoms with Gasteiger partial charge in [0.15, 0.2) is 5.82 Å². The molecule has 1 aliphatic heterocycles. The van der Waals surface area contributed by atoms with E-state index in [1.807, 2.05) is 18.5 Å². The van der Waals surface area contributed by atoms with Crippen molar-refractivity contribution in [2.75, 3.05) is 24.6 Å². The lowest BCUT2D eigenvalue weighted by Gasteiger charge is -2.20. The third kappa shape index (κ3) is 3.43. The van der Waals surface area contributed by atoms with E-state index in [4.69, 9.17) is 15.1 Å². The summed E-state index contributed by atoms with van der Waals surface area (Å²) in [5.74, 6) is 0.909. The first-order chi connectivity index (χ1) is 14.8. The summed E-state index contributed by atoms with van der Waals surface area (Å²) >= 11 is 0. The summed E-state index contributed by atoms with van der Waals surface area (Å²) in [6.45, 7) is 2.29. The normalized spacial score (nSPS) is 13.0. The molecule has 5 rings (SSSR count). The molecule has 0 saturated carbocycles. The molecule has 2 aromatic heterocycles. The molecule has 5 nitrogen and oxygen atoms in total. The Morgan fingerprint density at radius 1 is 1.00 bits per heavy atom. The number of anilines is 2. The molecule has 0 fully saturated rings. The maximum Gasteiger partial charge on any atom is 0.159 e. The quantitative estimate of drug-likeness (QED) is 0.481. The molecule has 30 heavy (non-hydrogen) atoms. The second kappa shape index (κ2) is 8.22. The number of fused-ring (bicyclic) bond motifs is 2. The van der Waals surface area contributed by atoms with Crippen LogP contribution in [0.15, 0.2) is 73.1 Å². The summed E-state index contributed by atoms with van der Waals surface area (Å²) in [7, 11) is 0. The smallest absolute Gasteiger partial charge is 0.159 e. The van der Waals surface area contributed by atoms with Crippen molar-refractivity contribution in [1.82, 2.24) is 15.3 Å². The fourth-order valence-corrected chi connectivity index (χ4v) is 4.24. The number of hydrogen-bond donors (Lipinski definition) is 2. The minimum atomic E-state index is 0.133. The van der Waals surface area contributed by atoms with Gasteiger partial charge in [0.05, 0.1) is 6.61 Å². The Kier molecular flexibility index (Phi) is 5.13. The van der Waals surface area contributed by atoms with Gasteiger partial charge in [0.2, 0.25) is 0 Å². The van der Waals surface area contributed by atoms with E-state index in [1.54, 1.807) is 0 Å².